The van der Waals surface area contributed by atoms with Gasteiger partial charge in [0.15, 0.2) is 0 Å². The topological polar surface area (TPSA) is 21.7 Å². The van der Waals surface area contributed by atoms with Crippen molar-refractivity contribution in [3.8, 4) is 17.2 Å². The average molecular weight is 368 g/mol. The summed E-state index contributed by atoms with van der Waals surface area (Å²) >= 11 is 0. The first-order valence-electron chi connectivity index (χ1n) is 10.6. The SMILES string of the molecule is c1ccc(Oc2ccc(OCCCCCCCN3CCCCC3)cc2)cc1. The molecule has 3 heteroatoms. The van der Waals surface area contributed by atoms with Gasteiger partial charge in [0.2, 0.25) is 0 Å². The normalized spacial score (nSPS) is 14.8. The van der Waals surface area contributed by atoms with E-state index in [0.717, 1.165) is 30.3 Å². The summed E-state index contributed by atoms with van der Waals surface area (Å²) in [6, 6.07) is 17.7. The number of likely N-dealkylation sites (tertiary alicyclic amines) is 1. The van der Waals surface area contributed by atoms with Crippen LogP contribution in [0.15, 0.2) is 54.6 Å². The molecule has 146 valence electrons. The second-order valence-corrected chi connectivity index (χ2v) is 7.41. The van der Waals surface area contributed by atoms with Gasteiger partial charge in [-0.25, -0.2) is 0 Å². The predicted molar refractivity (Wildman–Crippen MR) is 112 cm³/mol. The molecule has 0 unspecified atom stereocenters. The third-order valence-corrected chi connectivity index (χ3v) is 5.14. The Hall–Kier alpha value is -2.00. The molecule has 2 aromatic carbocycles. The molecule has 1 aliphatic heterocycles. The van der Waals surface area contributed by atoms with E-state index in [2.05, 4.69) is 4.90 Å². The van der Waals surface area contributed by atoms with Crippen molar-refractivity contribution < 1.29 is 9.47 Å². The van der Waals surface area contributed by atoms with Crippen LogP contribution in [-0.4, -0.2) is 31.1 Å². The Morgan fingerprint density at radius 3 is 2.04 bits per heavy atom. The van der Waals surface area contributed by atoms with Crippen molar-refractivity contribution in [3.63, 3.8) is 0 Å². The molecule has 0 radical (unpaired) electrons. The molecule has 1 fully saturated rings. The quantitative estimate of drug-likeness (QED) is 0.435. The number of piperidine rings is 1. The fourth-order valence-electron chi connectivity index (χ4n) is 3.57. The zero-order valence-corrected chi connectivity index (χ0v) is 16.4. The van der Waals surface area contributed by atoms with Crippen LogP contribution in [0.25, 0.3) is 0 Å². The van der Waals surface area contributed by atoms with Gasteiger partial charge in [0.25, 0.3) is 0 Å². The van der Waals surface area contributed by atoms with Gasteiger partial charge < -0.3 is 14.4 Å². The maximum Gasteiger partial charge on any atom is 0.127 e. The van der Waals surface area contributed by atoms with Crippen molar-refractivity contribution in [2.75, 3.05) is 26.2 Å². The lowest BCUT2D eigenvalue weighted by atomic mass is 10.1. The first-order valence-corrected chi connectivity index (χ1v) is 10.6. The number of ether oxygens (including phenoxy) is 2. The van der Waals surface area contributed by atoms with Crippen molar-refractivity contribution in [3.05, 3.63) is 54.6 Å². The van der Waals surface area contributed by atoms with Crippen LogP contribution in [0.4, 0.5) is 0 Å². The van der Waals surface area contributed by atoms with Crippen molar-refractivity contribution in [1.82, 2.24) is 4.90 Å². The molecule has 0 saturated carbocycles. The second-order valence-electron chi connectivity index (χ2n) is 7.41. The van der Waals surface area contributed by atoms with E-state index in [0.29, 0.717) is 0 Å². The van der Waals surface area contributed by atoms with E-state index < -0.39 is 0 Å². The number of unbranched alkanes of at least 4 members (excludes halogenated alkanes) is 4. The zero-order chi connectivity index (χ0) is 18.6. The second kappa shape index (κ2) is 11.7. The molecule has 0 atom stereocenters. The number of rotatable bonds is 11. The van der Waals surface area contributed by atoms with Crippen LogP contribution >= 0.6 is 0 Å². The smallest absolute Gasteiger partial charge is 0.127 e. The Bertz CT molecular complexity index is 621. The number of benzene rings is 2. The Balaban J connectivity index is 1.22. The minimum atomic E-state index is 0.797. The predicted octanol–water partition coefficient (Wildman–Crippen LogP) is 6.29. The number of nitrogens with zero attached hydrogens (tertiary/aromatic N) is 1. The standard InChI is InChI=1S/C24H33NO2/c1(2-8-18-25-19-9-5-10-20-25)3-11-21-26-22-14-16-24(17-15-22)27-23-12-6-4-7-13-23/h4,6-7,12-17H,1-3,5,8-11,18-21H2. The third-order valence-electron chi connectivity index (χ3n) is 5.14. The summed E-state index contributed by atoms with van der Waals surface area (Å²) < 4.78 is 11.6. The van der Waals surface area contributed by atoms with Crippen LogP contribution in [0.5, 0.6) is 17.2 Å². The molecule has 27 heavy (non-hydrogen) atoms. The van der Waals surface area contributed by atoms with E-state index >= 15 is 0 Å². The Morgan fingerprint density at radius 2 is 1.26 bits per heavy atom. The Kier molecular flexibility index (Phi) is 8.53. The Morgan fingerprint density at radius 1 is 0.630 bits per heavy atom. The van der Waals surface area contributed by atoms with Crippen LogP contribution in [-0.2, 0) is 0 Å². The van der Waals surface area contributed by atoms with Crippen LogP contribution in [0.2, 0.25) is 0 Å². The molecule has 3 rings (SSSR count). The highest BCUT2D eigenvalue weighted by Crippen LogP contribution is 2.23. The first kappa shape index (κ1) is 19.8. The summed E-state index contributed by atoms with van der Waals surface area (Å²) in [6.07, 6.45) is 10.6. The number of hydrogen-bond donors (Lipinski definition) is 0. The highest BCUT2D eigenvalue weighted by Gasteiger charge is 2.08. The van der Waals surface area contributed by atoms with E-state index in [1.165, 1.54) is 64.6 Å². The molecule has 0 aliphatic carbocycles. The molecular formula is C24H33NO2. The molecule has 0 amide bonds. The van der Waals surface area contributed by atoms with Gasteiger partial charge in [0.1, 0.15) is 17.2 Å². The van der Waals surface area contributed by atoms with Gasteiger partial charge in [-0.2, -0.15) is 0 Å². The summed E-state index contributed by atoms with van der Waals surface area (Å²) in [5.41, 5.74) is 0. The molecule has 2 aromatic rings. The van der Waals surface area contributed by atoms with E-state index in [4.69, 9.17) is 9.47 Å². The first-order chi connectivity index (χ1) is 13.4. The number of hydrogen-bond acceptors (Lipinski definition) is 3. The van der Waals surface area contributed by atoms with Gasteiger partial charge in [-0.3, -0.25) is 0 Å². The summed E-state index contributed by atoms with van der Waals surface area (Å²) in [6.45, 7) is 4.74. The number of para-hydroxylation sites is 1. The van der Waals surface area contributed by atoms with E-state index in [1.807, 2.05) is 54.6 Å². The van der Waals surface area contributed by atoms with Gasteiger partial charge in [0, 0.05) is 0 Å². The van der Waals surface area contributed by atoms with Crippen molar-refractivity contribution in [2.24, 2.45) is 0 Å². The van der Waals surface area contributed by atoms with Gasteiger partial charge in [-0.15, -0.1) is 0 Å². The van der Waals surface area contributed by atoms with Gasteiger partial charge >= 0.3 is 0 Å². The highest BCUT2D eigenvalue weighted by atomic mass is 16.5. The largest absolute Gasteiger partial charge is 0.494 e. The fraction of sp³-hybridized carbons (Fsp3) is 0.500. The lowest BCUT2D eigenvalue weighted by molar-refractivity contribution is 0.223. The zero-order valence-electron chi connectivity index (χ0n) is 16.4. The molecular weight excluding hydrogens is 334 g/mol. The lowest BCUT2D eigenvalue weighted by Gasteiger charge is -2.26. The molecule has 0 spiro atoms. The monoisotopic (exact) mass is 367 g/mol. The van der Waals surface area contributed by atoms with E-state index in [1.54, 1.807) is 0 Å². The molecule has 1 aliphatic rings. The average Bonchev–Trinajstić information content (AvgIpc) is 2.73. The molecule has 0 N–H and O–H groups in total. The van der Waals surface area contributed by atoms with E-state index in [9.17, 15) is 0 Å². The van der Waals surface area contributed by atoms with Crippen LogP contribution < -0.4 is 9.47 Å². The fourth-order valence-corrected chi connectivity index (χ4v) is 3.57. The Labute approximate surface area is 164 Å². The molecule has 0 bridgehead atoms. The highest BCUT2D eigenvalue weighted by molar-refractivity contribution is 5.35. The summed E-state index contributed by atoms with van der Waals surface area (Å²) in [4.78, 5) is 2.64. The summed E-state index contributed by atoms with van der Waals surface area (Å²) in [5, 5.41) is 0. The molecule has 3 nitrogen and oxygen atoms in total. The van der Waals surface area contributed by atoms with Crippen LogP contribution in [0, 0.1) is 0 Å². The van der Waals surface area contributed by atoms with Gasteiger partial charge in [-0.1, -0.05) is 43.9 Å². The molecule has 0 aromatic heterocycles. The van der Waals surface area contributed by atoms with Gasteiger partial charge in [-0.05, 0) is 81.7 Å². The molecule has 1 heterocycles. The lowest BCUT2D eigenvalue weighted by Crippen LogP contribution is -2.30. The van der Waals surface area contributed by atoms with Crippen molar-refractivity contribution in [2.45, 2.75) is 51.4 Å². The van der Waals surface area contributed by atoms with Gasteiger partial charge in [0.05, 0.1) is 6.61 Å². The van der Waals surface area contributed by atoms with Crippen molar-refractivity contribution in [1.29, 1.82) is 0 Å². The molecule has 1 saturated heterocycles. The van der Waals surface area contributed by atoms with E-state index in [-0.39, 0.29) is 0 Å². The maximum absolute atomic E-state index is 5.85. The summed E-state index contributed by atoms with van der Waals surface area (Å²) in [5.74, 6) is 2.61. The maximum atomic E-state index is 5.85. The third kappa shape index (κ3) is 7.64. The van der Waals surface area contributed by atoms with Crippen molar-refractivity contribution >= 4 is 0 Å². The van der Waals surface area contributed by atoms with Crippen LogP contribution in [0.1, 0.15) is 51.4 Å². The van der Waals surface area contributed by atoms with Crippen LogP contribution in [0.3, 0.4) is 0 Å². The summed E-state index contributed by atoms with van der Waals surface area (Å²) in [7, 11) is 0. The minimum absolute atomic E-state index is 0.797. The minimum Gasteiger partial charge on any atom is -0.494 e.